The summed E-state index contributed by atoms with van der Waals surface area (Å²) in [4.78, 5) is 12.3. The van der Waals surface area contributed by atoms with Crippen molar-refractivity contribution in [1.82, 2.24) is 10.0 Å². The van der Waals surface area contributed by atoms with E-state index in [1.807, 2.05) is 12.1 Å². The summed E-state index contributed by atoms with van der Waals surface area (Å²) in [6.45, 7) is 0.223. The zero-order valence-electron chi connectivity index (χ0n) is 13.0. The molecule has 3 aromatic rings. The largest absolute Gasteiger partial charge is 0.451 e. The normalized spacial score (nSPS) is 11.6. The second-order valence-electron chi connectivity index (χ2n) is 5.26. The van der Waals surface area contributed by atoms with E-state index in [4.69, 9.17) is 4.42 Å². The number of fused-ring (bicyclic) bond motifs is 1. The standard InChI is InChI=1S/C17H15BrN2O4S/c18-13-6-7-15-12(10-13)11-16(24-15)17(21)19-8-9-20-25(22,23)14-4-2-1-3-5-14/h1-7,10-11,20H,8-9H2,(H,19,21). The van der Waals surface area contributed by atoms with E-state index in [1.165, 1.54) is 12.1 Å². The van der Waals surface area contributed by atoms with Crippen LogP contribution in [0.2, 0.25) is 0 Å². The third-order valence-electron chi connectivity index (χ3n) is 3.46. The van der Waals surface area contributed by atoms with E-state index in [9.17, 15) is 13.2 Å². The Labute approximate surface area is 153 Å². The summed E-state index contributed by atoms with van der Waals surface area (Å²) in [6, 6.07) is 15.1. The molecule has 0 atom stereocenters. The highest BCUT2D eigenvalue weighted by Crippen LogP contribution is 2.23. The van der Waals surface area contributed by atoms with Crippen LogP contribution < -0.4 is 10.0 Å². The average molecular weight is 423 g/mol. The average Bonchev–Trinajstić information content (AvgIpc) is 3.02. The van der Waals surface area contributed by atoms with E-state index in [1.54, 1.807) is 30.3 Å². The number of carbonyl (C=O) groups is 1. The third-order valence-corrected chi connectivity index (χ3v) is 5.43. The van der Waals surface area contributed by atoms with Crippen molar-refractivity contribution in [3.8, 4) is 0 Å². The summed E-state index contributed by atoms with van der Waals surface area (Å²) in [5, 5.41) is 3.44. The second-order valence-corrected chi connectivity index (χ2v) is 7.94. The highest BCUT2D eigenvalue weighted by Gasteiger charge is 2.14. The van der Waals surface area contributed by atoms with Crippen molar-refractivity contribution in [1.29, 1.82) is 0 Å². The molecule has 2 aromatic carbocycles. The molecule has 1 amide bonds. The number of halogens is 1. The van der Waals surface area contributed by atoms with Gasteiger partial charge in [-0.1, -0.05) is 34.1 Å². The van der Waals surface area contributed by atoms with Crippen LogP contribution in [0.4, 0.5) is 0 Å². The van der Waals surface area contributed by atoms with Crippen LogP contribution in [0.3, 0.4) is 0 Å². The molecule has 0 unspecified atom stereocenters. The van der Waals surface area contributed by atoms with Gasteiger partial charge < -0.3 is 9.73 Å². The molecule has 25 heavy (non-hydrogen) atoms. The van der Waals surface area contributed by atoms with Gasteiger partial charge in [-0.05, 0) is 36.4 Å². The first-order chi connectivity index (χ1) is 12.0. The number of hydrogen-bond donors (Lipinski definition) is 2. The molecule has 8 heteroatoms. The summed E-state index contributed by atoms with van der Waals surface area (Å²) in [6.07, 6.45) is 0. The first kappa shape index (κ1) is 17.7. The van der Waals surface area contributed by atoms with Crippen molar-refractivity contribution in [3.63, 3.8) is 0 Å². The zero-order chi connectivity index (χ0) is 17.9. The van der Waals surface area contributed by atoms with Crippen LogP contribution in [0.25, 0.3) is 11.0 Å². The fourth-order valence-electron chi connectivity index (χ4n) is 2.26. The monoisotopic (exact) mass is 422 g/mol. The molecule has 0 bridgehead atoms. The fourth-order valence-corrected chi connectivity index (χ4v) is 3.69. The first-order valence-corrected chi connectivity index (χ1v) is 9.75. The minimum absolute atomic E-state index is 0.0781. The van der Waals surface area contributed by atoms with Gasteiger partial charge in [0.05, 0.1) is 4.90 Å². The number of hydrogen-bond acceptors (Lipinski definition) is 4. The molecule has 0 aliphatic rings. The smallest absolute Gasteiger partial charge is 0.287 e. The molecule has 2 N–H and O–H groups in total. The quantitative estimate of drug-likeness (QED) is 0.597. The number of furan rings is 1. The van der Waals surface area contributed by atoms with Gasteiger partial charge >= 0.3 is 0 Å². The Kier molecular flexibility index (Phi) is 5.22. The van der Waals surface area contributed by atoms with Gasteiger partial charge in [0.25, 0.3) is 5.91 Å². The maximum Gasteiger partial charge on any atom is 0.287 e. The van der Waals surface area contributed by atoms with E-state index in [0.717, 1.165) is 9.86 Å². The number of amides is 1. The lowest BCUT2D eigenvalue weighted by Gasteiger charge is -2.07. The maximum atomic E-state index is 12.1. The lowest BCUT2D eigenvalue weighted by atomic mass is 10.2. The lowest BCUT2D eigenvalue weighted by molar-refractivity contribution is 0.0929. The highest BCUT2D eigenvalue weighted by molar-refractivity contribution is 9.10. The van der Waals surface area contributed by atoms with Gasteiger partial charge in [-0.2, -0.15) is 0 Å². The fraction of sp³-hybridized carbons (Fsp3) is 0.118. The summed E-state index contributed by atoms with van der Waals surface area (Å²) < 4.78 is 32.9. The summed E-state index contributed by atoms with van der Waals surface area (Å²) in [5.74, 6) is -0.217. The van der Waals surface area contributed by atoms with Crippen LogP contribution in [-0.2, 0) is 10.0 Å². The molecule has 0 aliphatic heterocycles. The number of rotatable bonds is 6. The van der Waals surface area contributed by atoms with Crippen LogP contribution in [0.15, 0.2) is 68.4 Å². The Morgan fingerprint density at radius 1 is 1.04 bits per heavy atom. The minimum Gasteiger partial charge on any atom is -0.451 e. The Hall–Kier alpha value is -2.16. The van der Waals surface area contributed by atoms with Gasteiger partial charge in [0.2, 0.25) is 10.0 Å². The van der Waals surface area contributed by atoms with Crippen molar-refractivity contribution < 1.29 is 17.6 Å². The van der Waals surface area contributed by atoms with Crippen molar-refractivity contribution in [2.45, 2.75) is 4.90 Å². The van der Waals surface area contributed by atoms with Crippen LogP contribution in [0.1, 0.15) is 10.6 Å². The minimum atomic E-state index is -3.58. The number of carbonyl (C=O) groups excluding carboxylic acids is 1. The van der Waals surface area contributed by atoms with E-state index >= 15 is 0 Å². The highest BCUT2D eigenvalue weighted by atomic mass is 79.9. The molecule has 0 saturated heterocycles. The van der Waals surface area contributed by atoms with Crippen molar-refractivity contribution >= 4 is 42.8 Å². The van der Waals surface area contributed by atoms with Crippen LogP contribution >= 0.6 is 15.9 Å². The summed E-state index contributed by atoms with van der Waals surface area (Å²) in [5.41, 5.74) is 0.609. The molecule has 6 nitrogen and oxygen atoms in total. The number of sulfonamides is 1. The Morgan fingerprint density at radius 2 is 1.80 bits per heavy atom. The molecule has 0 saturated carbocycles. The van der Waals surface area contributed by atoms with Gasteiger partial charge in [0, 0.05) is 22.9 Å². The van der Waals surface area contributed by atoms with Crippen LogP contribution in [-0.4, -0.2) is 27.4 Å². The van der Waals surface area contributed by atoms with E-state index in [0.29, 0.717) is 5.58 Å². The van der Waals surface area contributed by atoms with E-state index < -0.39 is 15.9 Å². The third kappa shape index (κ3) is 4.28. The van der Waals surface area contributed by atoms with E-state index in [2.05, 4.69) is 26.0 Å². The number of nitrogens with one attached hydrogen (secondary N) is 2. The molecule has 130 valence electrons. The molecular weight excluding hydrogens is 408 g/mol. The molecule has 1 heterocycles. The van der Waals surface area contributed by atoms with Crippen LogP contribution in [0.5, 0.6) is 0 Å². The van der Waals surface area contributed by atoms with Gasteiger partial charge in [-0.25, -0.2) is 13.1 Å². The van der Waals surface area contributed by atoms with E-state index in [-0.39, 0.29) is 23.7 Å². The second kappa shape index (κ2) is 7.38. The van der Waals surface area contributed by atoms with Crippen molar-refractivity contribution in [2.75, 3.05) is 13.1 Å². The van der Waals surface area contributed by atoms with Gasteiger partial charge in [-0.15, -0.1) is 0 Å². The Balaban J connectivity index is 1.55. The molecule has 0 aliphatic carbocycles. The maximum absolute atomic E-state index is 12.1. The SMILES string of the molecule is O=C(NCCNS(=O)(=O)c1ccccc1)c1cc2cc(Br)ccc2o1. The summed E-state index contributed by atoms with van der Waals surface area (Å²) >= 11 is 3.36. The molecular formula is C17H15BrN2O4S. The van der Waals surface area contributed by atoms with Gasteiger partial charge in [-0.3, -0.25) is 4.79 Å². The predicted octanol–water partition coefficient (Wildman–Crippen LogP) is 2.90. The van der Waals surface area contributed by atoms with Crippen LogP contribution in [0, 0.1) is 0 Å². The van der Waals surface area contributed by atoms with Gasteiger partial charge in [0.15, 0.2) is 5.76 Å². The predicted molar refractivity (Wildman–Crippen MR) is 97.9 cm³/mol. The Bertz CT molecular complexity index is 1000. The van der Waals surface area contributed by atoms with Crippen molar-refractivity contribution in [2.24, 2.45) is 0 Å². The zero-order valence-corrected chi connectivity index (χ0v) is 15.4. The number of benzene rings is 2. The lowest BCUT2D eigenvalue weighted by Crippen LogP contribution is -2.34. The summed E-state index contributed by atoms with van der Waals surface area (Å²) in [7, 11) is -3.58. The molecule has 0 fully saturated rings. The topological polar surface area (TPSA) is 88.4 Å². The first-order valence-electron chi connectivity index (χ1n) is 7.48. The Morgan fingerprint density at radius 3 is 2.56 bits per heavy atom. The van der Waals surface area contributed by atoms with Gasteiger partial charge in [0.1, 0.15) is 5.58 Å². The van der Waals surface area contributed by atoms with Crippen molar-refractivity contribution in [3.05, 3.63) is 64.8 Å². The molecule has 0 radical (unpaired) electrons. The molecule has 1 aromatic heterocycles. The molecule has 0 spiro atoms. The molecule has 3 rings (SSSR count).